The number of aromatic nitrogens is 4. The van der Waals surface area contributed by atoms with Crippen LogP contribution in [-0.2, 0) is 30.3 Å². The lowest BCUT2D eigenvalue weighted by atomic mass is 9.79. The summed E-state index contributed by atoms with van der Waals surface area (Å²) in [6, 6.07) is 0.205. The Balaban J connectivity index is 1.33. The van der Waals surface area contributed by atoms with Gasteiger partial charge < -0.3 is 9.47 Å². The summed E-state index contributed by atoms with van der Waals surface area (Å²) in [4.78, 5) is 2.15. The van der Waals surface area contributed by atoms with Gasteiger partial charge >= 0.3 is 0 Å². The highest BCUT2D eigenvalue weighted by Gasteiger charge is 2.38. The molecule has 7 nitrogen and oxygen atoms in total. The van der Waals surface area contributed by atoms with E-state index in [4.69, 9.17) is 14.6 Å². The molecular weight excluding hydrogens is 409 g/mol. The van der Waals surface area contributed by atoms with Crippen LogP contribution in [0.1, 0.15) is 64.3 Å². The Kier molecular flexibility index (Phi) is 5.26. The molecule has 0 bridgehead atoms. The molecule has 0 amide bonds. The molecule has 1 saturated heterocycles. The Morgan fingerprint density at radius 3 is 2.56 bits per heavy atom. The average Bonchev–Trinajstić information content (AvgIpc) is 3.30. The topological polar surface area (TPSA) is 57.3 Å². The fourth-order valence-corrected chi connectivity index (χ4v) is 5.19. The van der Waals surface area contributed by atoms with Crippen LogP contribution in [0, 0.1) is 0 Å². The SMILES string of the molecule is CC(C)(C)c1c(CCC(C)(C)c2cnn3c2OCC(N2CC(F)C2)C3)nn2c1OCCC2. The Bertz CT molecular complexity index is 983. The molecule has 2 aromatic rings. The molecular formula is C24H36FN5O2. The first-order valence-electron chi connectivity index (χ1n) is 11.9. The zero-order valence-electron chi connectivity index (χ0n) is 20.0. The summed E-state index contributed by atoms with van der Waals surface area (Å²) in [6.07, 6.45) is 4.08. The highest BCUT2D eigenvalue weighted by molar-refractivity contribution is 5.39. The maximum atomic E-state index is 13.3. The number of ether oxygens (including phenoxy) is 2. The van der Waals surface area contributed by atoms with Gasteiger partial charge in [-0.2, -0.15) is 10.2 Å². The lowest BCUT2D eigenvalue weighted by molar-refractivity contribution is -0.0111. The summed E-state index contributed by atoms with van der Waals surface area (Å²) in [6.45, 7) is 15.3. The monoisotopic (exact) mass is 445 g/mol. The number of nitrogens with zero attached hydrogens (tertiary/aromatic N) is 5. The summed E-state index contributed by atoms with van der Waals surface area (Å²) in [5, 5.41) is 9.57. The normalized spacial score (nSPS) is 22.0. The lowest BCUT2D eigenvalue weighted by Crippen LogP contribution is -2.57. The molecule has 3 aliphatic heterocycles. The number of hydrogen-bond donors (Lipinski definition) is 0. The van der Waals surface area contributed by atoms with Gasteiger partial charge in [-0.3, -0.25) is 4.90 Å². The summed E-state index contributed by atoms with van der Waals surface area (Å²) in [5.74, 6) is 1.82. The van der Waals surface area contributed by atoms with E-state index >= 15 is 0 Å². The van der Waals surface area contributed by atoms with Crippen LogP contribution in [0.3, 0.4) is 0 Å². The third-order valence-corrected chi connectivity index (χ3v) is 7.17. The molecule has 0 aromatic carbocycles. The first-order valence-corrected chi connectivity index (χ1v) is 11.9. The molecule has 32 heavy (non-hydrogen) atoms. The van der Waals surface area contributed by atoms with Crippen molar-refractivity contribution in [1.82, 2.24) is 24.5 Å². The summed E-state index contributed by atoms with van der Waals surface area (Å²) >= 11 is 0. The van der Waals surface area contributed by atoms with E-state index in [1.54, 1.807) is 0 Å². The van der Waals surface area contributed by atoms with E-state index < -0.39 is 6.17 Å². The predicted molar refractivity (Wildman–Crippen MR) is 120 cm³/mol. The van der Waals surface area contributed by atoms with Crippen molar-refractivity contribution in [3.63, 3.8) is 0 Å². The standard InChI is InChI=1S/C24H36FN5O2/c1-23(2,3)20-19(27-29-9-6-10-31-22(20)29)7-8-24(4,5)18-11-26-30-14-17(15-32-21(18)30)28-12-16(25)13-28/h11,16-17H,6-10,12-15H2,1-5H3. The molecule has 176 valence electrons. The number of likely N-dealkylation sites (tertiary alicyclic amines) is 1. The van der Waals surface area contributed by atoms with Gasteiger partial charge in [0.2, 0.25) is 11.8 Å². The number of halogens is 1. The molecule has 2 aromatic heterocycles. The highest BCUT2D eigenvalue weighted by atomic mass is 19.1. The number of aryl methyl sites for hydroxylation is 2. The second-order valence-corrected chi connectivity index (χ2v) is 11.2. The molecule has 5 rings (SSSR count). The van der Waals surface area contributed by atoms with Crippen LogP contribution in [0.2, 0.25) is 0 Å². The molecule has 0 N–H and O–H groups in total. The van der Waals surface area contributed by atoms with Crippen molar-refractivity contribution in [2.75, 3.05) is 26.3 Å². The average molecular weight is 446 g/mol. The molecule has 1 fully saturated rings. The maximum Gasteiger partial charge on any atom is 0.215 e. The second-order valence-electron chi connectivity index (χ2n) is 11.2. The Labute approximate surface area is 189 Å². The van der Waals surface area contributed by atoms with Crippen molar-refractivity contribution in [2.45, 2.75) is 90.0 Å². The van der Waals surface area contributed by atoms with Crippen molar-refractivity contribution >= 4 is 0 Å². The Hall–Kier alpha value is -2.09. The van der Waals surface area contributed by atoms with Gasteiger partial charge in [0, 0.05) is 37.2 Å². The summed E-state index contributed by atoms with van der Waals surface area (Å²) < 4.78 is 29.5. The van der Waals surface area contributed by atoms with Crippen LogP contribution in [-0.4, -0.2) is 63.0 Å². The van der Waals surface area contributed by atoms with E-state index in [0.717, 1.165) is 62.0 Å². The van der Waals surface area contributed by atoms with E-state index in [1.807, 2.05) is 10.9 Å². The molecule has 3 aliphatic rings. The third kappa shape index (κ3) is 3.80. The van der Waals surface area contributed by atoms with Crippen molar-refractivity contribution in [1.29, 1.82) is 0 Å². The molecule has 8 heteroatoms. The lowest BCUT2D eigenvalue weighted by Gasteiger charge is -2.42. The fraction of sp³-hybridized carbons (Fsp3) is 0.750. The van der Waals surface area contributed by atoms with E-state index in [0.29, 0.717) is 19.7 Å². The Morgan fingerprint density at radius 1 is 1.06 bits per heavy atom. The largest absolute Gasteiger partial charge is 0.478 e. The first kappa shape index (κ1) is 21.7. The van der Waals surface area contributed by atoms with Crippen LogP contribution in [0.4, 0.5) is 4.39 Å². The second kappa shape index (κ2) is 7.75. The Morgan fingerprint density at radius 2 is 1.84 bits per heavy atom. The summed E-state index contributed by atoms with van der Waals surface area (Å²) in [5.41, 5.74) is 3.39. The number of rotatable bonds is 5. The van der Waals surface area contributed by atoms with Crippen LogP contribution >= 0.6 is 0 Å². The smallest absolute Gasteiger partial charge is 0.215 e. The minimum Gasteiger partial charge on any atom is -0.478 e. The highest BCUT2D eigenvalue weighted by Crippen LogP contribution is 2.40. The molecule has 0 radical (unpaired) electrons. The van der Waals surface area contributed by atoms with Crippen LogP contribution in [0.5, 0.6) is 11.8 Å². The first-order chi connectivity index (χ1) is 15.1. The van der Waals surface area contributed by atoms with E-state index in [9.17, 15) is 4.39 Å². The maximum absolute atomic E-state index is 13.3. The van der Waals surface area contributed by atoms with Gasteiger partial charge in [0.25, 0.3) is 0 Å². The molecule has 0 aliphatic carbocycles. The zero-order chi connectivity index (χ0) is 22.7. The van der Waals surface area contributed by atoms with Crippen molar-refractivity contribution in [3.8, 4) is 11.8 Å². The molecule has 5 heterocycles. The van der Waals surface area contributed by atoms with Gasteiger partial charge in [0.05, 0.1) is 31.1 Å². The number of hydrogen-bond acceptors (Lipinski definition) is 5. The van der Waals surface area contributed by atoms with Gasteiger partial charge in [-0.25, -0.2) is 13.8 Å². The number of fused-ring (bicyclic) bond motifs is 2. The van der Waals surface area contributed by atoms with E-state index in [2.05, 4.69) is 49.3 Å². The van der Waals surface area contributed by atoms with Crippen molar-refractivity contribution in [2.24, 2.45) is 0 Å². The molecule has 1 unspecified atom stereocenters. The quantitative estimate of drug-likeness (QED) is 0.705. The molecule has 1 atom stereocenters. The van der Waals surface area contributed by atoms with Gasteiger partial charge in [0.1, 0.15) is 12.8 Å². The zero-order valence-corrected chi connectivity index (χ0v) is 20.0. The molecule has 0 saturated carbocycles. The van der Waals surface area contributed by atoms with Crippen LogP contribution in [0.25, 0.3) is 0 Å². The number of alkyl halides is 1. The van der Waals surface area contributed by atoms with Crippen LogP contribution in [0.15, 0.2) is 6.20 Å². The van der Waals surface area contributed by atoms with Crippen LogP contribution < -0.4 is 9.47 Å². The van der Waals surface area contributed by atoms with E-state index in [-0.39, 0.29) is 16.9 Å². The molecule has 0 spiro atoms. The van der Waals surface area contributed by atoms with Gasteiger partial charge in [0.15, 0.2) is 0 Å². The predicted octanol–water partition coefficient (Wildman–Crippen LogP) is 3.48. The minimum absolute atomic E-state index is 0.0190. The van der Waals surface area contributed by atoms with E-state index in [1.165, 1.54) is 5.56 Å². The summed E-state index contributed by atoms with van der Waals surface area (Å²) in [7, 11) is 0. The van der Waals surface area contributed by atoms with Gasteiger partial charge in [-0.05, 0) is 23.7 Å². The third-order valence-electron chi connectivity index (χ3n) is 7.17. The minimum atomic E-state index is -0.694. The van der Waals surface area contributed by atoms with Crippen molar-refractivity contribution < 1.29 is 13.9 Å². The van der Waals surface area contributed by atoms with Gasteiger partial charge in [-0.1, -0.05) is 34.6 Å². The van der Waals surface area contributed by atoms with Gasteiger partial charge in [-0.15, -0.1) is 0 Å². The van der Waals surface area contributed by atoms with Crippen molar-refractivity contribution in [3.05, 3.63) is 23.0 Å². The fourth-order valence-electron chi connectivity index (χ4n) is 5.19.